The molecule has 0 radical (unpaired) electrons. The second-order valence-corrected chi connectivity index (χ2v) is 12.8. The Morgan fingerprint density at radius 1 is 1.00 bits per heavy atom. The van der Waals surface area contributed by atoms with E-state index in [1.54, 1.807) is 0 Å². The molecule has 0 spiro atoms. The SMILES string of the molecule is CC(C)(C)NCC1=CC=C/C(=C/P(C(C)(C)C)C(C)(C)C)N1. The summed E-state index contributed by atoms with van der Waals surface area (Å²) in [6.45, 7) is 21.6. The minimum absolute atomic E-state index is 0.136. The summed E-state index contributed by atoms with van der Waals surface area (Å²) in [5, 5.41) is 7.74. The third kappa shape index (κ3) is 6.67. The van der Waals surface area contributed by atoms with Crippen LogP contribution in [0.25, 0.3) is 0 Å². The highest BCUT2D eigenvalue weighted by molar-refractivity contribution is 7.64. The molecule has 1 rings (SSSR count). The average Bonchev–Trinajstić information content (AvgIpc) is 2.30. The van der Waals surface area contributed by atoms with Gasteiger partial charge in [-0.2, -0.15) is 0 Å². The second kappa shape index (κ2) is 6.89. The zero-order chi connectivity index (χ0) is 17.2. The van der Waals surface area contributed by atoms with Crippen LogP contribution in [-0.2, 0) is 0 Å². The van der Waals surface area contributed by atoms with Gasteiger partial charge in [0.2, 0.25) is 0 Å². The Labute approximate surface area is 139 Å². The number of allylic oxidation sites excluding steroid dienone is 3. The van der Waals surface area contributed by atoms with E-state index in [0.717, 1.165) is 6.54 Å². The first-order valence-corrected chi connectivity index (χ1v) is 9.61. The molecule has 3 heteroatoms. The second-order valence-electron chi connectivity index (χ2n) is 9.08. The molecule has 2 N–H and O–H groups in total. The lowest BCUT2D eigenvalue weighted by molar-refractivity contribution is 0.440. The van der Waals surface area contributed by atoms with Crippen molar-refractivity contribution in [3.8, 4) is 0 Å². The van der Waals surface area contributed by atoms with Crippen LogP contribution >= 0.6 is 7.92 Å². The molecule has 0 saturated heterocycles. The first-order chi connectivity index (χ1) is 9.79. The van der Waals surface area contributed by atoms with Crippen LogP contribution in [0.3, 0.4) is 0 Å². The Kier molecular flexibility index (Phi) is 6.09. The predicted molar refractivity (Wildman–Crippen MR) is 103 cm³/mol. The van der Waals surface area contributed by atoms with Crippen LogP contribution in [0.5, 0.6) is 0 Å². The first-order valence-electron chi connectivity index (χ1n) is 8.20. The minimum Gasteiger partial charge on any atom is -0.358 e. The molecule has 0 fully saturated rings. The van der Waals surface area contributed by atoms with Crippen molar-refractivity contribution in [3.05, 3.63) is 35.4 Å². The standard InChI is InChI=1S/C19H35N2P/c1-17(2,3)20-13-15-11-10-12-16(21-15)14-22(18(4,5)6)19(7,8)9/h10-12,14,20-21H,13H2,1-9H3/b16-14-. The Morgan fingerprint density at radius 2 is 1.55 bits per heavy atom. The normalized spacial score (nSPS) is 18.6. The highest BCUT2D eigenvalue weighted by atomic mass is 31.1. The lowest BCUT2D eigenvalue weighted by Gasteiger charge is -2.40. The van der Waals surface area contributed by atoms with Crippen LogP contribution in [-0.4, -0.2) is 22.4 Å². The fraction of sp³-hybridized carbons (Fsp3) is 0.684. The predicted octanol–water partition coefficient (Wildman–Crippen LogP) is 5.34. The highest BCUT2D eigenvalue weighted by Crippen LogP contribution is 2.60. The molecule has 0 aliphatic carbocycles. The number of dihydropyridines is 1. The highest BCUT2D eigenvalue weighted by Gasteiger charge is 2.33. The molecule has 22 heavy (non-hydrogen) atoms. The van der Waals surface area contributed by atoms with Crippen molar-refractivity contribution in [1.82, 2.24) is 10.6 Å². The van der Waals surface area contributed by atoms with E-state index in [2.05, 4.69) is 97.0 Å². The quantitative estimate of drug-likeness (QED) is 0.686. The largest absolute Gasteiger partial charge is 0.358 e. The zero-order valence-electron chi connectivity index (χ0n) is 16.0. The van der Waals surface area contributed by atoms with Crippen LogP contribution in [0.1, 0.15) is 62.3 Å². The molecule has 0 bridgehead atoms. The third-order valence-electron chi connectivity index (χ3n) is 3.40. The van der Waals surface area contributed by atoms with Crippen molar-refractivity contribution in [2.75, 3.05) is 6.54 Å². The van der Waals surface area contributed by atoms with Gasteiger partial charge in [0, 0.05) is 23.5 Å². The van der Waals surface area contributed by atoms with Crippen molar-refractivity contribution in [3.63, 3.8) is 0 Å². The van der Waals surface area contributed by atoms with Crippen LogP contribution in [0.4, 0.5) is 0 Å². The average molecular weight is 322 g/mol. The molecule has 0 aromatic heterocycles. The van der Waals surface area contributed by atoms with E-state index in [1.807, 2.05) is 0 Å². The van der Waals surface area contributed by atoms with Crippen LogP contribution in [0.2, 0.25) is 0 Å². The molecule has 0 unspecified atom stereocenters. The molecule has 0 saturated carbocycles. The van der Waals surface area contributed by atoms with E-state index in [1.165, 1.54) is 11.4 Å². The van der Waals surface area contributed by atoms with Crippen molar-refractivity contribution < 1.29 is 0 Å². The molecule has 0 atom stereocenters. The van der Waals surface area contributed by atoms with Crippen LogP contribution < -0.4 is 10.6 Å². The summed E-state index contributed by atoms with van der Waals surface area (Å²) in [7, 11) is -0.240. The van der Waals surface area contributed by atoms with Gasteiger partial charge < -0.3 is 10.6 Å². The topological polar surface area (TPSA) is 24.1 Å². The monoisotopic (exact) mass is 322 g/mol. The maximum atomic E-state index is 3.59. The maximum absolute atomic E-state index is 3.59. The molecule has 1 aliphatic rings. The molecule has 0 aromatic rings. The minimum atomic E-state index is -0.240. The van der Waals surface area contributed by atoms with E-state index in [-0.39, 0.29) is 13.5 Å². The van der Waals surface area contributed by atoms with Gasteiger partial charge in [-0.3, -0.25) is 0 Å². The molecular formula is C19H35N2P. The van der Waals surface area contributed by atoms with Crippen molar-refractivity contribution in [2.24, 2.45) is 0 Å². The van der Waals surface area contributed by atoms with Gasteiger partial charge in [-0.25, -0.2) is 0 Å². The number of hydrogen-bond donors (Lipinski definition) is 2. The third-order valence-corrected chi connectivity index (χ3v) is 6.83. The number of rotatable bonds is 3. The summed E-state index contributed by atoms with van der Waals surface area (Å²) >= 11 is 0. The fourth-order valence-corrected chi connectivity index (χ4v) is 5.82. The summed E-state index contributed by atoms with van der Waals surface area (Å²) in [6, 6.07) is 0. The smallest absolute Gasteiger partial charge is 0.0387 e. The number of hydrogen-bond acceptors (Lipinski definition) is 2. The molecule has 1 aliphatic heterocycles. The van der Waals surface area contributed by atoms with Gasteiger partial charge in [0.15, 0.2) is 0 Å². The summed E-state index contributed by atoms with van der Waals surface area (Å²) in [6.07, 6.45) is 6.50. The van der Waals surface area contributed by atoms with Crippen molar-refractivity contribution >= 4 is 7.92 Å². The van der Waals surface area contributed by atoms with Gasteiger partial charge in [0.25, 0.3) is 0 Å². The van der Waals surface area contributed by atoms with E-state index < -0.39 is 0 Å². The van der Waals surface area contributed by atoms with Crippen LogP contribution in [0.15, 0.2) is 35.4 Å². The molecule has 1 heterocycles. The molecule has 0 amide bonds. The lowest BCUT2D eigenvalue weighted by Crippen LogP contribution is -2.39. The molecule has 2 nitrogen and oxygen atoms in total. The van der Waals surface area contributed by atoms with Crippen LogP contribution in [0, 0.1) is 0 Å². The van der Waals surface area contributed by atoms with Gasteiger partial charge in [-0.1, -0.05) is 55.5 Å². The zero-order valence-corrected chi connectivity index (χ0v) is 16.9. The lowest BCUT2D eigenvalue weighted by atomic mass is 10.1. The van der Waals surface area contributed by atoms with Gasteiger partial charge in [-0.15, -0.1) is 0 Å². The van der Waals surface area contributed by atoms with Crippen molar-refractivity contribution in [1.29, 1.82) is 0 Å². The Balaban J connectivity index is 2.86. The Morgan fingerprint density at radius 3 is 2.00 bits per heavy atom. The molecule has 126 valence electrons. The summed E-state index contributed by atoms with van der Waals surface area (Å²) in [5.41, 5.74) is 2.61. The molecule has 0 aromatic carbocycles. The van der Waals surface area contributed by atoms with Gasteiger partial charge in [0.05, 0.1) is 0 Å². The van der Waals surface area contributed by atoms with Gasteiger partial charge in [-0.05, 0) is 49.1 Å². The van der Waals surface area contributed by atoms with Gasteiger partial charge >= 0.3 is 0 Å². The van der Waals surface area contributed by atoms with E-state index in [9.17, 15) is 0 Å². The summed E-state index contributed by atoms with van der Waals surface area (Å²) in [4.78, 5) is 0. The summed E-state index contributed by atoms with van der Waals surface area (Å²) in [5.74, 6) is 2.47. The molecular weight excluding hydrogens is 287 g/mol. The summed E-state index contributed by atoms with van der Waals surface area (Å²) < 4.78 is 0. The van der Waals surface area contributed by atoms with E-state index >= 15 is 0 Å². The van der Waals surface area contributed by atoms with E-state index in [0.29, 0.717) is 10.3 Å². The van der Waals surface area contributed by atoms with Crippen molar-refractivity contribution in [2.45, 2.75) is 78.2 Å². The Bertz CT molecular complexity index is 451. The fourth-order valence-electron chi connectivity index (χ4n) is 2.61. The number of nitrogens with one attached hydrogen (secondary N) is 2. The van der Waals surface area contributed by atoms with Gasteiger partial charge in [0.1, 0.15) is 0 Å². The Hall–Kier alpha value is -0.590. The first kappa shape index (κ1) is 19.5. The van der Waals surface area contributed by atoms with E-state index in [4.69, 9.17) is 0 Å². The maximum Gasteiger partial charge on any atom is 0.0387 e.